The molecule has 3 aromatic carbocycles. The van der Waals surface area contributed by atoms with Crippen molar-refractivity contribution in [2.45, 2.75) is 12.5 Å². The third-order valence-electron chi connectivity index (χ3n) is 4.55. The number of non-ortho nitro benzene ring substituents is 1. The van der Waals surface area contributed by atoms with Crippen LogP contribution in [0.1, 0.15) is 23.6 Å². The predicted molar refractivity (Wildman–Crippen MR) is 103 cm³/mol. The Morgan fingerprint density at radius 1 is 1.04 bits per heavy atom. The quantitative estimate of drug-likeness (QED) is 0.501. The summed E-state index contributed by atoms with van der Waals surface area (Å²) >= 11 is 0. The molecule has 27 heavy (non-hydrogen) atoms. The van der Waals surface area contributed by atoms with Crippen molar-refractivity contribution in [2.75, 3.05) is 5.32 Å². The average molecular weight is 361 g/mol. The molecule has 6 heteroatoms. The van der Waals surface area contributed by atoms with E-state index in [9.17, 15) is 14.5 Å². The highest BCUT2D eigenvalue weighted by molar-refractivity contribution is 6.04. The largest absolute Gasteiger partial charge is 0.376 e. The fraction of sp³-hybridized carbons (Fsp3) is 0.0952. The maximum absolute atomic E-state index is 13.3. The van der Waals surface area contributed by atoms with Crippen molar-refractivity contribution in [3.63, 3.8) is 0 Å². The lowest BCUT2D eigenvalue weighted by Gasteiger charge is -2.19. The first-order valence-corrected chi connectivity index (χ1v) is 8.53. The molecule has 1 aliphatic heterocycles. The van der Waals surface area contributed by atoms with E-state index in [1.165, 1.54) is 18.2 Å². The maximum atomic E-state index is 13.3. The van der Waals surface area contributed by atoms with Crippen LogP contribution < -0.4 is 5.32 Å². The van der Waals surface area contributed by atoms with Gasteiger partial charge in [0.25, 0.3) is 5.69 Å². The zero-order valence-electron chi connectivity index (χ0n) is 14.3. The molecule has 3 aromatic rings. The van der Waals surface area contributed by atoms with Gasteiger partial charge < -0.3 is 5.32 Å². The lowest BCUT2D eigenvalue weighted by Crippen LogP contribution is -2.14. The Balaban J connectivity index is 1.79. The van der Waals surface area contributed by atoms with E-state index in [0.29, 0.717) is 6.42 Å². The summed E-state index contributed by atoms with van der Waals surface area (Å²) in [5.41, 5.74) is 4.10. The van der Waals surface area contributed by atoms with Crippen LogP contribution >= 0.6 is 0 Å². The first-order chi connectivity index (χ1) is 13.1. The lowest BCUT2D eigenvalue weighted by atomic mass is 9.97. The van der Waals surface area contributed by atoms with Crippen molar-refractivity contribution >= 4 is 22.8 Å². The topological polar surface area (TPSA) is 67.5 Å². The van der Waals surface area contributed by atoms with E-state index in [2.05, 4.69) is 5.32 Å². The Kier molecular flexibility index (Phi) is 4.38. The predicted octanol–water partition coefficient (Wildman–Crippen LogP) is 5.41. The molecule has 1 aliphatic rings. The minimum Gasteiger partial charge on any atom is -0.376 e. The van der Waals surface area contributed by atoms with Gasteiger partial charge in [0, 0.05) is 18.6 Å². The molecule has 1 atom stereocenters. The van der Waals surface area contributed by atoms with Gasteiger partial charge in [0.1, 0.15) is 5.82 Å². The van der Waals surface area contributed by atoms with Gasteiger partial charge in [0.2, 0.25) is 0 Å². The van der Waals surface area contributed by atoms with E-state index in [1.54, 1.807) is 24.3 Å². The van der Waals surface area contributed by atoms with Crippen LogP contribution in [0.2, 0.25) is 0 Å². The number of fused-ring (bicyclic) bond motifs is 1. The third kappa shape index (κ3) is 3.55. The molecular weight excluding hydrogens is 345 g/mol. The molecule has 0 amide bonds. The molecule has 1 heterocycles. The number of hydrogen-bond donors (Lipinski definition) is 1. The van der Waals surface area contributed by atoms with Crippen LogP contribution in [0.15, 0.2) is 77.8 Å². The molecular formula is C21H16FN3O2. The normalized spacial score (nSPS) is 15.9. The number of nitrogens with one attached hydrogen (secondary N) is 1. The summed E-state index contributed by atoms with van der Waals surface area (Å²) in [7, 11) is 0. The Morgan fingerprint density at radius 3 is 2.59 bits per heavy atom. The molecule has 0 saturated heterocycles. The molecule has 1 N–H and O–H groups in total. The number of aliphatic imine (C=N–C) groups is 1. The Labute approximate surface area is 155 Å². The highest BCUT2D eigenvalue weighted by Crippen LogP contribution is 2.36. The summed E-state index contributed by atoms with van der Waals surface area (Å²) in [6.45, 7) is 0. The van der Waals surface area contributed by atoms with Crippen molar-refractivity contribution in [1.29, 1.82) is 0 Å². The van der Waals surface area contributed by atoms with E-state index in [-0.39, 0.29) is 17.5 Å². The molecule has 0 aliphatic carbocycles. The fourth-order valence-corrected chi connectivity index (χ4v) is 3.20. The third-order valence-corrected chi connectivity index (χ3v) is 4.55. The molecule has 0 radical (unpaired) electrons. The zero-order chi connectivity index (χ0) is 18.8. The van der Waals surface area contributed by atoms with Gasteiger partial charge in [-0.05, 0) is 35.4 Å². The average Bonchev–Trinajstić information content (AvgIpc) is 2.88. The molecule has 0 saturated carbocycles. The Hall–Kier alpha value is -3.54. The van der Waals surface area contributed by atoms with Crippen molar-refractivity contribution in [3.8, 4) is 0 Å². The molecule has 0 fully saturated rings. The molecule has 1 unspecified atom stereocenters. The minimum absolute atomic E-state index is 0.0482. The number of para-hydroxylation sites is 2. The molecule has 4 rings (SSSR count). The second kappa shape index (κ2) is 6.99. The summed E-state index contributed by atoms with van der Waals surface area (Å²) in [6.07, 6.45) is 0.515. The van der Waals surface area contributed by atoms with Crippen LogP contribution in [0.5, 0.6) is 0 Å². The zero-order valence-corrected chi connectivity index (χ0v) is 14.3. The molecule has 134 valence electrons. The van der Waals surface area contributed by atoms with Gasteiger partial charge in [-0.15, -0.1) is 0 Å². The lowest BCUT2D eigenvalue weighted by molar-refractivity contribution is -0.384. The van der Waals surface area contributed by atoms with Crippen LogP contribution in [-0.4, -0.2) is 10.6 Å². The number of halogens is 1. The van der Waals surface area contributed by atoms with E-state index in [0.717, 1.165) is 28.2 Å². The number of hydrogen-bond acceptors (Lipinski definition) is 4. The van der Waals surface area contributed by atoms with Gasteiger partial charge in [-0.2, -0.15) is 0 Å². The van der Waals surface area contributed by atoms with E-state index in [4.69, 9.17) is 4.99 Å². The highest BCUT2D eigenvalue weighted by atomic mass is 19.1. The second-order valence-corrected chi connectivity index (χ2v) is 6.34. The van der Waals surface area contributed by atoms with Gasteiger partial charge in [0.05, 0.1) is 28.1 Å². The van der Waals surface area contributed by atoms with Crippen LogP contribution in [-0.2, 0) is 0 Å². The molecule has 5 nitrogen and oxygen atoms in total. The van der Waals surface area contributed by atoms with Crippen molar-refractivity contribution in [2.24, 2.45) is 4.99 Å². The highest BCUT2D eigenvalue weighted by Gasteiger charge is 2.22. The van der Waals surface area contributed by atoms with Crippen molar-refractivity contribution < 1.29 is 9.31 Å². The van der Waals surface area contributed by atoms with Crippen LogP contribution in [0, 0.1) is 15.9 Å². The number of benzene rings is 3. The fourth-order valence-electron chi connectivity index (χ4n) is 3.20. The Morgan fingerprint density at radius 2 is 1.81 bits per heavy atom. The summed E-state index contributed by atoms with van der Waals surface area (Å²) in [4.78, 5) is 15.5. The smallest absolute Gasteiger partial charge is 0.269 e. The standard InChI is InChI=1S/C21H16FN3O2/c22-16-10-8-14(9-11-16)20-13-21(15-4-3-5-17(12-15)25(26)27)24-19-7-2-1-6-18(19)23-20/h1-12,21,24H,13H2. The number of nitrogens with zero attached hydrogens (tertiary/aromatic N) is 2. The van der Waals surface area contributed by atoms with Gasteiger partial charge in [-0.25, -0.2) is 4.39 Å². The molecule has 0 bridgehead atoms. The number of nitro groups is 1. The Bertz CT molecular complexity index is 1030. The summed E-state index contributed by atoms with van der Waals surface area (Å²) in [6, 6.07) is 20.3. The first-order valence-electron chi connectivity index (χ1n) is 8.53. The monoisotopic (exact) mass is 361 g/mol. The van der Waals surface area contributed by atoms with E-state index in [1.807, 2.05) is 30.3 Å². The van der Waals surface area contributed by atoms with Gasteiger partial charge in [-0.3, -0.25) is 15.1 Å². The van der Waals surface area contributed by atoms with E-state index >= 15 is 0 Å². The van der Waals surface area contributed by atoms with Crippen molar-refractivity contribution in [1.82, 2.24) is 0 Å². The summed E-state index contributed by atoms with van der Waals surface area (Å²) in [5, 5.41) is 14.6. The van der Waals surface area contributed by atoms with E-state index < -0.39 is 4.92 Å². The van der Waals surface area contributed by atoms with Gasteiger partial charge in [0.15, 0.2) is 0 Å². The summed E-state index contributed by atoms with van der Waals surface area (Å²) in [5.74, 6) is -0.304. The maximum Gasteiger partial charge on any atom is 0.269 e. The van der Waals surface area contributed by atoms with Crippen molar-refractivity contribution in [3.05, 3.63) is 99.9 Å². The molecule has 0 spiro atoms. The second-order valence-electron chi connectivity index (χ2n) is 6.34. The molecule has 0 aromatic heterocycles. The minimum atomic E-state index is -0.400. The SMILES string of the molecule is O=[N+]([O-])c1cccc(C2CC(c3ccc(F)cc3)=Nc3ccccc3N2)c1. The van der Waals surface area contributed by atoms with Gasteiger partial charge in [-0.1, -0.05) is 36.4 Å². The van der Waals surface area contributed by atoms with Gasteiger partial charge >= 0.3 is 0 Å². The van der Waals surface area contributed by atoms with Crippen LogP contribution in [0.25, 0.3) is 0 Å². The number of anilines is 1. The van der Waals surface area contributed by atoms with Crippen LogP contribution in [0.4, 0.5) is 21.5 Å². The summed E-state index contributed by atoms with van der Waals surface area (Å²) < 4.78 is 13.3. The van der Waals surface area contributed by atoms with Crippen LogP contribution in [0.3, 0.4) is 0 Å². The first kappa shape index (κ1) is 16.9. The number of rotatable bonds is 3. The number of nitro benzene ring substituents is 1.